The van der Waals surface area contributed by atoms with Gasteiger partial charge in [0.05, 0.1) is 34.8 Å². The summed E-state index contributed by atoms with van der Waals surface area (Å²) >= 11 is 6.15. The molecule has 0 saturated heterocycles. The average molecular weight is 439 g/mol. The molecule has 0 saturated carbocycles. The Kier molecular flexibility index (Phi) is 7.26. The van der Waals surface area contributed by atoms with E-state index in [1.165, 1.54) is 18.2 Å². The van der Waals surface area contributed by atoms with Crippen molar-refractivity contribution in [3.05, 3.63) is 58.1 Å². The van der Waals surface area contributed by atoms with Crippen molar-refractivity contribution in [1.29, 1.82) is 0 Å². The Morgan fingerprint density at radius 2 is 1.86 bits per heavy atom. The number of nitrogens with zero attached hydrogens (tertiary/aromatic N) is 1. The van der Waals surface area contributed by atoms with Gasteiger partial charge in [0, 0.05) is 0 Å². The maximum absolute atomic E-state index is 12.5. The van der Waals surface area contributed by atoms with Gasteiger partial charge in [-0.25, -0.2) is 13.2 Å². The van der Waals surface area contributed by atoms with Gasteiger partial charge >= 0.3 is 5.97 Å². The van der Waals surface area contributed by atoms with Crippen LogP contribution in [0.3, 0.4) is 0 Å². The number of ether oxygens (including phenoxy) is 1. The normalized spacial score (nSPS) is 11.1. The Morgan fingerprint density at radius 1 is 1.17 bits per heavy atom. The summed E-state index contributed by atoms with van der Waals surface area (Å²) in [5.74, 6) is -1.09. The monoisotopic (exact) mass is 438 g/mol. The highest BCUT2D eigenvalue weighted by atomic mass is 35.5. The number of esters is 1. The van der Waals surface area contributed by atoms with Crippen molar-refractivity contribution in [3.63, 3.8) is 0 Å². The Hall–Kier alpha value is -2.58. The smallest absolute Gasteiger partial charge is 0.338 e. The van der Waals surface area contributed by atoms with E-state index in [1.807, 2.05) is 13.0 Å². The third kappa shape index (κ3) is 5.71. The SMILES string of the molecule is CCOC(=O)c1ccc(NC(=O)CN(c2cccc(C)c2C)S(C)(=O)=O)c(Cl)c1. The van der Waals surface area contributed by atoms with E-state index < -0.39 is 28.4 Å². The maximum atomic E-state index is 12.5. The van der Waals surface area contributed by atoms with Crippen LogP contribution in [0.4, 0.5) is 11.4 Å². The lowest BCUT2D eigenvalue weighted by molar-refractivity contribution is -0.114. The molecule has 2 rings (SSSR count). The first kappa shape index (κ1) is 22.7. The number of nitrogens with one attached hydrogen (secondary N) is 1. The van der Waals surface area contributed by atoms with Crippen molar-refractivity contribution < 1.29 is 22.7 Å². The van der Waals surface area contributed by atoms with E-state index in [2.05, 4.69) is 5.32 Å². The van der Waals surface area contributed by atoms with Crippen LogP contribution in [0.5, 0.6) is 0 Å². The summed E-state index contributed by atoms with van der Waals surface area (Å²) in [7, 11) is -3.70. The number of hydrogen-bond acceptors (Lipinski definition) is 5. The van der Waals surface area contributed by atoms with Crippen LogP contribution in [0, 0.1) is 13.8 Å². The van der Waals surface area contributed by atoms with Crippen LogP contribution in [0.15, 0.2) is 36.4 Å². The molecule has 9 heteroatoms. The van der Waals surface area contributed by atoms with Gasteiger partial charge in [-0.05, 0) is 56.2 Å². The number of hydrogen-bond donors (Lipinski definition) is 1. The molecule has 0 fully saturated rings. The van der Waals surface area contributed by atoms with Crippen LogP contribution in [-0.4, -0.2) is 39.7 Å². The second-order valence-corrected chi connectivity index (χ2v) is 8.77. The summed E-state index contributed by atoms with van der Waals surface area (Å²) in [4.78, 5) is 24.3. The summed E-state index contributed by atoms with van der Waals surface area (Å²) in [5, 5.41) is 2.73. The minimum absolute atomic E-state index is 0.140. The first-order valence-corrected chi connectivity index (χ1v) is 11.1. The molecule has 29 heavy (non-hydrogen) atoms. The Balaban J connectivity index is 2.23. The first-order chi connectivity index (χ1) is 13.5. The second kappa shape index (κ2) is 9.28. The topological polar surface area (TPSA) is 92.8 Å². The lowest BCUT2D eigenvalue weighted by atomic mass is 10.1. The van der Waals surface area contributed by atoms with Gasteiger partial charge in [-0.2, -0.15) is 0 Å². The Labute approximate surface area is 175 Å². The Bertz CT molecular complexity index is 1040. The van der Waals surface area contributed by atoms with Crippen molar-refractivity contribution >= 4 is 44.9 Å². The van der Waals surface area contributed by atoms with Crippen molar-refractivity contribution in [3.8, 4) is 0 Å². The fourth-order valence-electron chi connectivity index (χ4n) is 2.66. The fourth-order valence-corrected chi connectivity index (χ4v) is 3.80. The third-order valence-electron chi connectivity index (χ3n) is 4.29. The molecule has 0 atom stereocenters. The zero-order valence-corrected chi connectivity index (χ0v) is 18.2. The number of benzene rings is 2. The van der Waals surface area contributed by atoms with Gasteiger partial charge in [0.25, 0.3) is 0 Å². The molecule has 0 heterocycles. The minimum atomic E-state index is -3.70. The van der Waals surface area contributed by atoms with E-state index in [1.54, 1.807) is 26.0 Å². The van der Waals surface area contributed by atoms with E-state index in [0.717, 1.165) is 21.7 Å². The lowest BCUT2D eigenvalue weighted by Crippen LogP contribution is -2.38. The molecule has 0 aliphatic rings. The highest BCUT2D eigenvalue weighted by Gasteiger charge is 2.23. The van der Waals surface area contributed by atoms with Crippen LogP contribution < -0.4 is 9.62 Å². The highest BCUT2D eigenvalue weighted by molar-refractivity contribution is 7.92. The summed E-state index contributed by atoms with van der Waals surface area (Å²) in [6.45, 7) is 5.17. The van der Waals surface area contributed by atoms with E-state index >= 15 is 0 Å². The minimum Gasteiger partial charge on any atom is -0.462 e. The van der Waals surface area contributed by atoms with Gasteiger partial charge in [0.2, 0.25) is 15.9 Å². The largest absolute Gasteiger partial charge is 0.462 e. The molecule has 0 unspecified atom stereocenters. The predicted molar refractivity (Wildman–Crippen MR) is 114 cm³/mol. The molecular weight excluding hydrogens is 416 g/mol. The molecule has 156 valence electrons. The van der Waals surface area contributed by atoms with Gasteiger partial charge in [-0.3, -0.25) is 9.10 Å². The summed E-state index contributed by atoms with van der Waals surface area (Å²) in [6, 6.07) is 9.57. The molecule has 1 N–H and O–H groups in total. The third-order valence-corrected chi connectivity index (χ3v) is 5.73. The average Bonchev–Trinajstić information content (AvgIpc) is 2.63. The number of rotatable bonds is 7. The van der Waals surface area contributed by atoms with E-state index in [-0.39, 0.29) is 22.9 Å². The molecule has 0 bridgehead atoms. The van der Waals surface area contributed by atoms with Gasteiger partial charge in [0.15, 0.2) is 0 Å². The first-order valence-electron chi connectivity index (χ1n) is 8.85. The summed E-state index contributed by atoms with van der Waals surface area (Å²) in [5.41, 5.74) is 2.63. The van der Waals surface area contributed by atoms with E-state index in [4.69, 9.17) is 16.3 Å². The van der Waals surface area contributed by atoms with Crippen molar-refractivity contribution in [2.24, 2.45) is 0 Å². The number of carbonyl (C=O) groups is 2. The van der Waals surface area contributed by atoms with E-state index in [0.29, 0.717) is 5.69 Å². The molecule has 0 radical (unpaired) electrons. The number of anilines is 2. The zero-order chi connectivity index (χ0) is 21.8. The molecule has 0 aromatic heterocycles. The van der Waals surface area contributed by atoms with Crippen LogP contribution in [0.25, 0.3) is 0 Å². The van der Waals surface area contributed by atoms with Crippen LogP contribution in [0.1, 0.15) is 28.4 Å². The number of carbonyl (C=O) groups excluding carboxylic acids is 2. The van der Waals surface area contributed by atoms with Crippen molar-refractivity contribution in [2.45, 2.75) is 20.8 Å². The highest BCUT2D eigenvalue weighted by Crippen LogP contribution is 2.26. The fraction of sp³-hybridized carbons (Fsp3) is 0.300. The molecule has 0 aliphatic heterocycles. The molecular formula is C20H23ClN2O5S. The molecule has 1 amide bonds. The van der Waals surface area contributed by atoms with Gasteiger partial charge < -0.3 is 10.1 Å². The Morgan fingerprint density at radius 3 is 2.45 bits per heavy atom. The number of amides is 1. The number of aryl methyl sites for hydroxylation is 1. The number of sulfonamides is 1. The van der Waals surface area contributed by atoms with Crippen LogP contribution in [-0.2, 0) is 19.6 Å². The standard InChI is InChI=1S/C20H23ClN2O5S/c1-5-28-20(25)15-9-10-17(16(21)11-15)22-19(24)12-23(29(4,26)27)18-8-6-7-13(2)14(18)3/h6-11H,5,12H2,1-4H3,(H,22,24). The predicted octanol–water partition coefficient (Wildman–Crippen LogP) is 3.54. The molecule has 2 aromatic carbocycles. The quantitative estimate of drug-likeness (QED) is 0.667. The number of halogens is 1. The molecule has 2 aromatic rings. The maximum Gasteiger partial charge on any atom is 0.338 e. The zero-order valence-electron chi connectivity index (χ0n) is 16.7. The van der Waals surface area contributed by atoms with Crippen LogP contribution >= 0.6 is 11.6 Å². The van der Waals surface area contributed by atoms with Crippen molar-refractivity contribution in [1.82, 2.24) is 0 Å². The molecule has 0 aliphatic carbocycles. The summed E-state index contributed by atoms with van der Waals surface area (Å²) < 4.78 is 30.6. The molecule has 7 nitrogen and oxygen atoms in total. The van der Waals surface area contributed by atoms with Gasteiger partial charge in [-0.15, -0.1) is 0 Å². The van der Waals surface area contributed by atoms with Gasteiger partial charge in [-0.1, -0.05) is 23.7 Å². The van der Waals surface area contributed by atoms with E-state index in [9.17, 15) is 18.0 Å². The second-order valence-electron chi connectivity index (χ2n) is 6.45. The molecule has 0 spiro atoms. The van der Waals surface area contributed by atoms with Gasteiger partial charge in [0.1, 0.15) is 6.54 Å². The van der Waals surface area contributed by atoms with Crippen molar-refractivity contribution in [2.75, 3.05) is 29.0 Å². The lowest BCUT2D eigenvalue weighted by Gasteiger charge is -2.24. The summed E-state index contributed by atoms with van der Waals surface area (Å²) in [6.07, 6.45) is 1.04. The van der Waals surface area contributed by atoms with Crippen LogP contribution in [0.2, 0.25) is 5.02 Å².